The second-order valence-corrected chi connectivity index (χ2v) is 7.42. The van der Waals surface area contributed by atoms with Crippen LogP contribution in [0.25, 0.3) is 11.5 Å². The molecule has 1 aromatic carbocycles. The largest absolute Gasteiger partial charge is 0.497 e. The molecule has 0 spiro atoms. The monoisotopic (exact) mass is 440 g/mol. The Bertz CT molecular complexity index is 943. The number of nitrogens with zero attached hydrogens (tertiary/aromatic N) is 2. The minimum Gasteiger partial charge on any atom is -0.497 e. The number of aryl methyl sites for hydroxylation is 1. The topological polar surface area (TPSA) is 103 Å². The molecule has 0 unspecified atom stereocenters. The molecular weight excluding hydrogens is 412 g/mol. The van der Waals surface area contributed by atoms with Crippen molar-refractivity contribution in [1.29, 1.82) is 0 Å². The van der Waals surface area contributed by atoms with Gasteiger partial charge in [-0.05, 0) is 61.5 Å². The van der Waals surface area contributed by atoms with Crippen LogP contribution < -0.4 is 15.8 Å². The van der Waals surface area contributed by atoms with Crippen molar-refractivity contribution in [2.24, 2.45) is 5.73 Å². The number of rotatable bonds is 9. The predicted molar refractivity (Wildman–Crippen MR) is 125 cm³/mol. The average molecular weight is 441 g/mol. The van der Waals surface area contributed by atoms with E-state index in [-0.39, 0.29) is 5.91 Å². The highest BCUT2D eigenvalue weighted by atomic mass is 32.2. The van der Waals surface area contributed by atoms with Crippen LogP contribution in [-0.2, 0) is 17.0 Å². The van der Waals surface area contributed by atoms with Crippen LogP contribution in [0, 0.1) is 6.92 Å². The lowest BCUT2D eigenvalue weighted by atomic mass is 10.2. The van der Waals surface area contributed by atoms with Crippen molar-refractivity contribution >= 4 is 17.7 Å². The standard InChI is InChI=1S/C21H23N3O3S.C2H5N/c1-15-19(24-21(27-15)17-3-5-18(26-2)6-4-17)13-28-14-20(25)23-12-9-16-7-10-22-11-8-16;1-2-3/h3-8,10-11H,9,12-14H2,1-2H3,(H,23,25);2H,1,3H2. The fourth-order valence-corrected chi connectivity index (χ4v) is 3.46. The van der Waals surface area contributed by atoms with E-state index in [1.54, 1.807) is 19.5 Å². The SMILES string of the molecule is C=CN.COc1ccc(-c2nc(CSCC(=O)NCCc3ccncc3)c(C)o2)cc1. The Hall–Kier alpha value is -3.26. The van der Waals surface area contributed by atoms with Crippen LogP contribution in [0.1, 0.15) is 17.0 Å². The molecule has 3 N–H and O–H groups in total. The highest BCUT2D eigenvalue weighted by Crippen LogP contribution is 2.25. The van der Waals surface area contributed by atoms with Crippen LogP contribution >= 0.6 is 11.8 Å². The summed E-state index contributed by atoms with van der Waals surface area (Å²) in [6.07, 6.45) is 5.56. The summed E-state index contributed by atoms with van der Waals surface area (Å²) in [7, 11) is 1.63. The predicted octanol–water partition coefficient (Wildman–Crippen LogP) is 3.73. The summed E-state index contributed by atoms with van der Waals surface area (Å²) < 4.78 is 10.9. The number of carbonyl (C=O) groups is 1. The highest BCUT2D eigenvalue weighted by Gasteiger charge is 2.12. The van der Waals surface area contributed by atoms with Crippen molar-refractivity contribution in [1.82, 2.24) is 15.3 Å². The third kappa shape index (κ3) is 8.18. The molecule has 0 atom stereocenters. The molecule has 0 saturated heterocycles. The molecule has 0 fully saturated rings. The summed E-state index contributed by atoms with van der Waals surface area (Å²) >= 11 is 1.52. The lowest BCUT2D eigenvalue weighted by molar-refractivity contribution is -0.118. The molecule has 7 nitrogen and oxygen atoms in total. The Morgan fingerprint density at radius 3 is 2.58 bits per heavy atom. The molecule has 2 heterocycles. The third-order valence-corrected chi connectivity index (χ3v) is 5.13. The van der Waals surface area contributed by atoms with Crippen molar-refractivity contribution < 1.29 is 13.9 Å². The van der Waals surface area contributed by atoms with Gasteiger partial charge in [0.25, 0.3) is 0 Å². The van der Waals surface area contributed by atoms with Gasteiger partial charge in [-0.1, -0.05) is 6.58 Å². The smallest absolute Gasteiger partial charge is 0.230 e. The number of ether oxygens (including phenoxy) is 1. The Morgan fingerprint density at radius 1 is 1.26 bits per heavy atom. The number of methoxy groups -OCH3 is 1. The van der Waals surface area contributed by atoms with Crippen LogP contribution in [0.4, 0.5) is 0 Å². The van der Waals surface area contributed by atoms with Gasteiger partial charge >= 0.3 is 0 Å². The molecule has 1 amide bonds. The zero-order valence-corrected chi connectivity index (χ0v) is 18.7. The van der Waals surface area contributed by atoms with E-state index >= 15 is 0 Å². The second kappa shape index (κ2) is 13.1. The Kier molecular flexibility index (Phi) is 10.2. The summed E-state index contributed by atoms with van der Waals surface area (Å²) in [5.74, 6) is 3.19. The Balaban J connectivity index is 0.00000107. The van der Waals surface area contributed by atoms with Gasteiger partial charge in [-0.15, -0.1) is 11.8 Å². The Morgan fingerprint density at radius 2 is 1.94 bits per heavy atom. The van der Waals surface area contributed by atoms with E-state index in [4.69, 9.17) is 9.15 Å². The molecule has 0 saturated carbocycles. The number of amides is 1. The first-order valence-electron chi connectivity index (χ1n) is 9.74. The number of hydrogen-bond acceptors (Lipinski definition) is 7. The van der Waals surface area contributed by atoms with E-state index < -0.39 is 0 Å². The maximum atomic E-state index is 12.0. The summed E-state index contributed by atoms with van der Waals surface area (Å²) in [5, 5.41) is 2.94. The highest BCUT2D eigenvalue weighted by molar-refractivity contribution is 7.99. The van der Waals surface area contributed by atoms with Gasteiger partial charge in [-0.2, -0.15) is 0 Å². The summed E-state index contributed by atoms with van der Waals surface area (Å²) in [6.45, 7) is 5.65. The number of nitrogens with two attached hydrogens (primary N) is 1. The van der Waals surface area contributed by atoms with Gasteiger partial charge < -0.3 is 20.2 Å². The normalized spacial score (nSPS) is 10.0. The minimum atomic E-state index is 0.0237. The molecule has 3 rings (SSSR count). The average Bonchev–Trinajstić information content (AvgIpc) is 3.15. The lowest BCUT2D eigenvalue weighted by Crippen LogP contribution is -2.27. The van der Waals surface area contributed by atoms with Gasteiger partial charge in [-0.3, -0.25) is 9.78 Å². The molecule has 0 aliphatic heterocycles. The van der Waals surface area contributed by atoms with Crippen molar-refractivity contribution in [2.75, 3.05) is 19.4 Å². The number of nitrogens with one attached hydrogen (secondary N) is 1. The van der Waals surface area contributed by atoms with Crippen LogP contribution in [-0.4, -0.2) is 35.3 Å². The van der Waals surface area contributed by atoms with E-state index in [1.165, 1.54) is 18.0 Å². The number of aromatic nitrogens is 2. The molecule has 0 aliphatic rings. The second-order valence-electron chi connectivity index (χ2n) is 6.43. The van der Waals surface area contributed by atoms with Gasteiger partial charge in [-0.25, -0.2) is 4.98 Å². The number of pyridine rings is 1. The van der Waals surface area contributed by atoms with E-state index in [9.17, 15) is 4.79 Å². The van der Waals surface area contributed by atoms with Crippen LogP contribution in [0.3, 0.4) is 0 Å². The van der Waals surface area contributed by atoms with Crippen molar-refractivity contribution in [3.05, 3.63) is 78.6 Å². The fourth-order valence-electron chi connectivity index (χ4n) is 2.61. The molecule has 164 valence electrons. The number of benzene rings is 1. The first-order valence-corrected chi connectivity index (χ1v) is 10.9. The first kappa shape index (κ1) is 24.0. The molecule has 0 bridgehead atoms. The van der Waals surface area contributed by atoms with Gasteiger partial charge in [0.05, 0.1) is 18.6 Å². The summed E-state index contributed by atoms with van der Waals surface area (Å²) in [4.78, 5) is 20.5. The van der Waals surface area contributed by atoms with Gasteiger partial charge in [0.2, 0.25) is 11.8 Å². The molecule has 0 aliphatic carbocycles. The molecule has 3 aromatic rings. The number of oxazole rings is 1. The van der Waals surface area contributed by atoms with Crippen molar-refractivity contribution in [3.8, 4) is 17.2 Å². The van der Waals surface area contributed by atoms with E-state index in [1.807, 2.05) is 43.3 Å². The molecule has 31 heavy (non-hydrogen) atoms. The zero-order chi connectivity index (χ0) is 22.5. The summed E-state index contributed by atoms with van der Waals surface area (Å²) in [5.41, 5.74) is 7.53. The molecule has 0 radical (unpaired) electrons. The lowest BCUT2D eigenvalue weighted by Gasteiger charge is -2.05. The zero-order valence-electron chi connectivity index (χ0n) is 17.8. The van der Waals surface area contributed by atoms with Gasteiger partial charge in [0.1, 0.15) is 11.5 Å². The minimum absolute atomic E-state index is 0.0237. The van der Waals surface area contributed by atoms with Crippen molar-refractivity contribution in [3.63, 3.8) is 0 Å². The van der Waals surface area contributed by atoms with E-state index in [0.717, 1.165) is 34.8 Å². The van der Waals surface area contributed by atoms with Gasteiger partial charge in [0.15, 0.2) is 0 Å². The van der Waals surface area contributed by atoms with E-state index in [2.05, 4.69) is 27.6 Å². The van der Waals surface area contributed by atoms with Crippen LogP contribution in [0.5, 0.6) is 5.75 Å². The van der Waals surface area contributed by atoms with Gasteiger partial charge in [0, 0.05) is 30.3 Å². The number of hydrogen-bond donors (Lipinski definition) is 2. The fraction of sp³-hybridized carbons (Fsp3) is 0.261. The van der Waals surface area contributed by atoms with Crippen LogP contribution in [0.15, 0.2) is 66.0 Å². The quantitative estimate of drug-likeness (QED) is 0.522. The number of thioether (sulfide) groups is 1. The molecular formula is C23H28N4O3S. The maximum absolute atomic E-state index is 12.0. The van der Waals surface area contributed by atoms with E-state index in [0.29, 0.717) is 23.9 Å². The number of carbonyl (C=O) groups excluding carboxylic acids is 1. The van der Waals surface area contributed by atoms with Crippen LogP contribution in [0.2, 0.25) is 0 Å². The molecule has 2 aromatic heterocycles. The maximum Gasteiger partial charge on any atom is 0.230 e. The Labute approximate surface area is 187 Å². The van der Waals surface area contributed by atoms with Crippen molar-refractivity contribution in [2.45, 2.75) is 19.1 Å². The molecule has 8 heteroatoms. The third-order valence-electron chi connectivity index (χ3n) is 4.19. The summed E-state index contributed by atoms with van der Waals surface area (Å²) in [6, 6.07) is 11.5. The first-order chi connectivity index (χ1) is 15.1.